The first-order valence-corrected chi connectivity index (χ1v) is 8.36. The molecule has 1 aliphatic heterocycles. The van der Waals surface area contributed by atoms with E-state index in [0.717, 1.165) is 0 Å². The van der Waals surface area contributed by atoms with E-state index in [2.05, 4.69) is 10.6 Å². The number of nitrogens with one attached hydrogen (secondary N) is 2. The third-order valence-electron chi connectivity index (χ3n) is 4.18. The Morgan fingerprint density at radius 1 is 1.15 bits per heavy atom. The second kappa shape index (κ2) is 7.59. The SMILES string of the molecule is COC(=O)C1=C(c2ccccc2)NC(=O)NC1c1ccc(OC)c(O)c1Cl. The molecule has 3 N–H and O–H groups in total. The molecule has 0 radical (unpaired) electrons. The van der Waals surface area contributed by atoms with E-state index in [9.17, 15) is 14.7 Å². The second-order valence-electron chi connectivity index (χ2n) is 5.70. The van der Waals surface area contributed by atoms with Crippen LogP contribution in [0.2, 0.25) is 5.02 Å². The van der Waals surface area contributed by atoms with Crippen molar-refractivity contribution in [3.05, 3.63) is 64.2 Å². The highest BCUT2D eigenvalue weighted by Gasteiger charge is 2.36. The van der Waals surface area contributed by atoms with Gasteiger partial charge in [0.15, 0.2) is 11.5 Å². The van der Waals surface area contributed by atoms with E-state index >= 15 is 0 Å². The fourth-order valence-corrected chi connectivity index (χ4v) is 3.18. The number of halogens is 1. The zero-order chi connectivity index (χ0) is 19.6. The normalized spacial score (nSPS) is 16.4. The van der Waals surface area contributed by atoms with Crippen molar-refractivity contribution >= 4 is 29.3 Å². The molecule has 7 nitrogen and oxygen atoms in total. The molecule has 0 spiro atoms. The quantitative estimate of drug-likeness (QED) is 0.699. The number of ether oxygens (including phenoxy) is 2. The van der Waals surface area contributed by atoms with Crippen molar-refractivity contribution in [3.63, 3.8) is 0 Å². The average Bonchev–Trinajstić information content (AvgIpc) is 2.69. The van der Waals surface area contributed by atoms with Crippen molar-refractivity contribution in [1.29, 1.82) is 0 Å². The predicted octanol–water partition coefficient (Wildman–Crippen LogP) is 2.99. The largest absolute Gasteiger partial charge is 0.503 e. The highest BCUT2D eigenvalue weighted by Crippen LogP contribution is 2.42. The predicted molar refractivity (Wildman–Crippen MR) is 99.5 cm³/mol. The van der Waals surface area contributed by atoms with Gasteiger partial charge in [0.2, 0.25) is 0 Å². The summed E-state index contributed by atoms with van der Waals surface area (Å²) in [5.41, 5.74) is 1.43. The minimum Gasteiger partial charge on any atom is -0.503 e. The van der Waals surface area contributed by atoms with Crippen LogP contribution in [0.5, 0.6) is 11.5 Å². The van der Waals surface area contributed by atoms with Crippen LogP contribution in [-0.4, -0.2) is 31.3 Å². The van der Waals surface area contributed by atoms with Crippen molar-refractivity contribution in [2.45, 2.75) is 6.04 Å². The summed E-state index contributed by atoms with van der Waals surface area (Å²) in [6.45, 7) is 0. The number of urea groups is 1. The van der Waals surface area contributed by atoms with Gasteiger partial charge < -0.3 is 25.2 Å². The molecule has 2 aromatic carbocycles. The average molecular weight is 389 g/mol. The summed E-state index contributed by atoms with van der Waals surface area (Å²) in [5, 5.41) is 15.5. The van der Waals surface area contributed by atoms with Gasteiger partial charge >= 0.3 is 12.0 Å². The molecule has 1 unspecified atom stereocenters. The minimum atomic E-state index is -0.925. The van der Waals surface area contributed by atoms with Crippen LogP contribution in [0.1, 0.15) is 17.2 Å². The van der Waals surface area contributed by atoms with Crippen molar-refractivity contribution in [3.8, 4) is 11.5 Å². The summed E-state index contributed by atoms with van der Waals surface area (Å²) in [4.78, 5) is 24.8. The Kier molecular flexibility index (Phi) is 5.23. The van der Waals surface area contributed by atoms with Gasteiger partial charge in [-0.05, 0) is 11.6 Å². The summed E-state index contributed by atoms with van der Waals surface area (Å²) < 4.78 is 9.96. The van der Waals surface area contributed by atoms with E-state index in [1.54, 1.807) is 30.3 Å². The van der Waals surface area contributed by atoms with Crippen LogP contribution in [0.15, 0.2) is 48.0 Å². The molecular weight excluding hydrogens is 372 g/mol. The Bertz CT molecular complexity index is 927. The fraction of sp³-hybridized carbons (Fsp3) is 0.158. The van der Waals surface area contributed by atoms with Crippen molar-refractivity contribution in [1.82, 2.24) is 10.6 Å². The lowest BCUT2D eigenvalue weighted by molar-refractivity contribution is -0.136. The number of amides is 2. The Morgan fingerprint density at radius 2 is 1.85 bits per heavy atom. The monoisotopic (exact) mass is 388 g/mol. The molecule has 1 heterocycles. The highest BCUT2D eigenvalue weighted by atomic mass is 35.5. The lowest BCUT2D eigenvalue weighted by atomic mass is 9.92. The number of esters is 1. The van der Waals surface area contributed by atoms with Crippen molar-refractivity contribution < 1.29 is 24.2 Å². The first kappa shape index (κ1) is 18.6. The molecule has 1 atom stereocenters. The molecule has 0 saturated carbocycles. The fourth-order valence-electron chi connectivity index (χ4n) is 2.91. The number of carbonyl (C=O) groups excluding carboxylic acids is 2. The molecule has 1 aliphatic rings. The van der Waals surface area contributed by atoms with Gasteiger partial charge in [0, 0.05) is 5.56 Å². The minimum absolute atomic E-state index is 0.0321. The molecule has 0 bridgehead atoms. The number of methoxy groups -OCH3 is 2. The molecule has 0 aliphatic carbocycles. The van der Waals surface area contributed by atoms with Gasteiger partial charge in [0.05, 0.1) is 36.6 Å². The van der Waals surface area contributed by atoms with Crippen LogP contribution in [0, 0.1) is 0 Å². The standard InChI is InChI=1S/C19H17ClN2O5/c1-26-12-9-8-11(14(20)17(12)23)16-13(18(24)27-2)15(21-19(25)22-16)10-6-4-3-5-7-10/h3-9,16,23H,1-2H3,(H2,21,22,25). The Hall–Kier alpha value is -3.19. The van der Waals surface area contributed by atoms with Gasteiger partial charge in [0.25, 0.3) is 0 Å². The third-order valence-corrected chi connectivity index (χ3v) is 4.58. The Morgan fingerprint density at radius 3 is 2.48 bits per heavy atom. The summed E-state index contributed by atoms with van der Waals surface area (Å²) in [5.74, 6) is -0.747. The lowest BCUT2D eigenvalue weighted by Gasteiger charge is -2.30. The molecule has 3 rings (SSSR count). The van der Waals surface area contributed by atoms with Gasteiger partial charge in [-0.3, -0.25) is 0 Å². The van der Waals surface area contributed by atoms with Gasteiger partial charge in [-0.2, -0.15) is 0 Å². The number of hydrogen-bond donors (Lipinski definition) is 3. The number of phenolic OH excluding ortho intramolecular Hbond substituents is 1. The van der Waals surface area contributed by atoms with Gasteiger partial charge in [0.1, 0.15) is 0 Å². The number of rotatable bonds is 4. The highest BCUT2D eigenvalue weighted by molar-refractivity contribution is 6.33. The zero-order valence-electron chi connectivity index (χ0n) is 14.6. The molecule has 0 saturated heterocycles. The van der Waals surface area contributed by atoms with Crippen molar-refractivity contribution in [2.24, 2.45) is 0 Å². The first-order valence-electron chi connectivity index (χ1n) is 7.98. The van der Waals surface area contributed by atoms with E-state index in [1.807, 2.05) is 6.07 Å². The van der Waals surface area contributed by atoms with Gasteiger partial charge in [-0.25, -0.2) is 9.59 Å². The zero-order valence-corrected chi connectivity index (χ0v) is 15.3. The van der Waals surface area contributed by atoms with Gasteiger partial charge in [-0.15, -0.1) is 0 Å². The number of benzene rings is 2. The summed E-state index contributed by atoms with van der Waals surface area (Å²) >= 11 is 6.29. The summed E-state index contributed by atoms with van der Waals surface area (Å²) in [6, 6.07) is 10.5. The van der Waals surface area contributed by atoms with Crippen LogP contribution in [0.25, 0.3) is 5.70 Å². The van der Waals surface area contributed by atoms with Crippen LogP contribution >= 0.6 is 11.6 Å². The Labute approximate surface area is 160 Å². The molecule has 8 heteroatoms. The summed E-state index contributed by atoms with van der Waals surface area (Å²) in [6.07, 6.45) is 0. The van der Waals surface area contributed by atoms with E-state index in [1.165, 1.54) is 20.3 Å². The number of phenols is 1. The van der Waals surface area contributed by atoms with E-state index in [4.69, 9.17) is 21.1 Å². The Balaban J connectivity index is 2.23. The maximum atomic E-state index is 12.6. The van der Waals surface area contributed by atoms with E-state index < -0.39 is 18.0 Å². The number of aromatic hydroxyl groups is 1. The molecule has 0 fully saturated rings. The smallest absolute Gasteiger partial charge is 0.338 e. The molecule has 2 amide bonds. The van der Waals surface area contributed by atoms with E-state index in [0.29, 0.717) is 16.8 Å². The first-order chi connectivity index (χ1) is 13.0. The maximum absolute atomic E-state index is 12.6. The number of carbonyl (C=O) groups is 2. The molecular formula is C19H17ClN2O5. The van der Waals surface area contributed by atoms with Crippen molar-refractivity contribution in [2.75, 3.05) is 14.2 Å². The topological polar surface area (TPSA) is 96.9 Å². The molecule has 27 heavy (non-hydrogen) atoms. The maximum Gasteiger partial charge on any atom is 0.338 e. The van der Waals surface area contributed by atoms with E-state index in [-0.39, 0.29) is 22.1 Å². The van der Waals surface area contributed by atoms with Crippen LogP contribution < -0.4 is 15.4 Å². The van der Waals surface area contributed by atoms with Crippen LogP contribution in [0.4, 0.5) is 4.79 Å². The van der Waals surface area contributed by atoms with Crippen LogP contribution in [0.3, 0.4) is 0 Å². The van der Waals surface area contributed by atoms with Crippen LogP contribution in [-0.2, 0) is 9.53 Å². The molecule has 2 aromatic rings. The van der Waals surface area contributed by atoms with Gasteiger partial charge in [-0.1, -0.05) is 48.0 Å². The number of hydrogen-bond acceptors (Lipinski definition) is 5. The molecule has 140 valence electrons. The third kappa shape index (κ3) is 3.41. The summed E-state index contributed by atoms with van der Waals surface area (Å²) in [7, 11) is 2.64. The second-order valence-corrected chi connectivity index (χ2v) is 6.08. The lowest BCUT2D eigenvalue weighted by Crippen LogP contribution is -2.45. The molecule has 0 aromatic heterocycles.